The summed E-state index contributed by atoms with van der Waals surface area (Å²) in [6.45, 7) is 6.47. The van der Waals surface area contributed by atoms with Gasteiger partial charge in [-0.2, -0.15) is 5.11 Å². The first kappa shape index (κ1) is 30.6. The smallest absolute Gasteiger partial charge is 0.178 e. The molecular weight excluding hydrogens is 578 g/mol. The largest absolute Gasteiger partial charge is 0.506 e. The highest BCUT2D eigenvalue weighted by Crippen LogP contribution is 2.43. The average molecular weight is 610 g/mol. The molecule has 0 aliphatic rings. The summed E-state index contributed by atoms with van der Waals surface area (Å²) in [7, 11) is -5.16. The summed E-state index contributed by atoms with van der Waals surface area (Å²) in [4.78, 5) is 0.244. The molecule has 0 amide bonds. The monoisotopic (exact) mass is 609 g/mol. The van der Waals surface area contributed by atoms with E-state index < -0.39 is 19.7 Å². The molecule has 0 heterocycles. The second-order valence-electron chi connectivity index (χ2n) is 9.50. The number of phenols is 2. The van der Waals surface area contributed by atoms with Gasteiger partial charge in [-0.3, -0.25) is 0 Å². The van der Waals surface area contributed by atoms with Crippen molar-refractivity contribution in [2.75, 3.05) is 23.9 Å². The topological polar surface area (TPSA) is 170 Å². The maximum Gasteiger partial charge on any atom is 0.178 e. The number of rotatable bonds is 9. The number of nitrogens with zero attached hydrogens (tertiary/aromatic N) is 4. The van der Waals surface area contributed by atoms with Gasteiger partial charge in [0.05, 0.1) is 32.7 Å². The van der Waals surface area contributed by atoms with Gasteiger partial charge in [-0.25, -0.2) is 16.8 Å². The first-order valence-corrected chi connectivity index (χ1v) is 16.3. The molecular formula is C29H31N5O6S2. The summed E-state index contributed by atoms with van der Waals surface area (Å²) >= 11 is 0. The number of aryl methyl sites for hydroxylation is 2. The summed E-state index contributed by atoms with van der Waals surface area (Å²) in [5.74, 6) is -0.642. The molecule has 0 spiro atoms. The molecule has 0 radical (unpaired) electrons. The minimum atomic E-state index is -3.53. The van der Waals surface area contributed by atoms with E-state index in [4.69, 9.17) is 0 Å². The lowest BCUT2D eigenvalue weighted by Gasteiger charge is -2.11. The Hall–Kier alpha value is -4.36. The van der Waals surface area contributed by atoms with E-state index in [1.165, 1.54) is 25.1 Å². The van der Waals surface area contributed by atoms with Gasteiger partial charge in [0.1, 0.15) is 22.8 Å². The Kier molecular flexibility index (Phi) is 8.64. The van der Waals surface area contributed by atoms with E-state index in [9.17, 15) is 27.0 Å². The number of sulfone groups is 2. The minimum Gasteiger partial charge on any atom is -0.506 e. The van der Waals surface area contributed by atoms with Gasteiger partial charge in [-0.05, 0) is 73.5 Å². The molecule has 0 atom stereocenters. The molecule has 42 heavy (non-hydrogen) atoms. The maximum atomic E-state index is 12.3. The third-order valence-electron chi connectivity index (χ3n) is 6.81. The highest BCUT2D eigenvalue weighted by Gasteiger charge is 2.18. The number of anilines is 1. The Bertz CT molecular complexity index is 1970. The van der Waals surface area contributed by atoms with Crippen molar-refractivity contribution >= 4 is 58.9 Å². The number of azo groups is 2. The minimum absolute atomic E-state index is 0.00372. The van der Waals surface area contributed by atoms with Gasteiger partial charge in [0.2, 0.25) is 0 Å². The summed E-state index contributed by atoms with van der Waals surface area (Å²) in [5.41, 5.74) is 2.81. The lowest BCUT2D eigenvalue weighted by atomic mass is 10.1. The van der Waals surface area contributed by atoms with Crippen LogP contribution in [0.4, 0.5) is 28.4 Å². The summed E-state index contributed by atoms with van der Waals surface area (Å²) < 4.78 is 49.0. The molecule has 0 unspecified atom stereocenters. The van der Waals surface area contributed by atoms with Gasteiger partial charge in [0.25, 0.3) is 0 Å². The van der Waals surface area contributed by atoms with E-state index in [0.717, 1.165) is 6.07 Å². The molecule has 0 saturated heterocycles. The number of nitrogens with one attached hydrogen (secondary N) is 1. The summed E-state index contributed by atoms with van der Waals surface area (Å²) in [5, 5.41) is 42.4. The van der Waals surface area contributed by atoms with Crippen molar-refractivity contribution in [1.82, 2.24) is 0 Å². The molecule has 4 aromatic rings. The van der Waals surface area contributed by atoms with Gasteiger partial charge < -0.3 is 15.5 Å². The van der Waals surface area contributed by atoms with Crippen LogP contribution in [0.25, 0.3) is 10.8 Å². The maximum absolute atomic E-state index is 12.3. The van der Waals surface area contributed by atoms with Crippen molar-refractivity contribution in [3.05, 3.63) is 65.7 Å². The molecule has 0 aliphatic carbocycles. The summed E-state index contributed by atoms with van der Waals surface area (Å²) in [6, 6.07) is 13.9. The lowest BCUT2D eigenvalue weighted by Crippen LogP contribution is -2.05. The van der Waals surface area contributed by atoms with E-state index >= 15 is 0 Å². The summed E-state index contributed by atoms with van der Waals surface area (Å²) in [6.07, 6.45) is 0. The Balaban J connectivity index is 1.73. The fraction of sp³-hybridized carbons (Fsp3) is 0.241. The Morgan fingerprint density at radius 3 is 1.95 bits per heavy atom. The third-order valence-corrected chi connectivity index (χ3v) is 10.4. The van der Waals surface area contributed by atoms with Crippen LogP contribution >= 0.6 is 0 Å². The third kappa shape index (κ3) is 5.97. The number of benzene rings is 4. The van der Waals surface area contributed by atoms with Gasteiger partial charge in [-0.1, -0.05) is 13.8 Å². The zero-order valence-corrected chi connectivity index (χ0v) is 25.4. The zero-order chi connectivity index (χ0) is 30.8. The van der Waals surface area contributed by atoms with Crippen molar-refractivity contribution in [3.8, 4) is 11.5 Å². The Labute approximate surface area is 244 Å². The second kappa shape index (κ2) is 11.9. The van der Waals surface area contributed by atoms with Crippen LogP contribution in [-0.4, -0.2) is 45.6 Å². The number of hydrogen-bond donors (Lipinski definition) is 3. The van der Waals surface area contributed by atoms with Gasteiger partial charge in [0.15, 0.2) is 25.4 Å². The van der Waals surface area contributed by atoms with Crippen molar-refractivity contribution < 1.29 is 27.0 Å². The Morgan fingerprint density at radius 2 is 1.31 bits per heavy atom. The molecule has 0 fully saturated rings. The van der Waals surface area contributed by atoms with Crippen LogP contribution < -0.4 is 5.32 Å². The Morgan fingerprint density at radius 1 is 0.690 bits per heavy atom. The van der Waals surface area contributed by atoms with Gasteiger partial charge in [0, 0.05) is 23.9 Å². The molecule has 3 N–H and O–H groups in total. The number of fused-ring (bicyclic) bond motifs is 1. The van der Waals surface area contributed by atoms with Gasteiger partial charge >= 0.3 is 0 Å². The molecule has 13 heteroatoms. The molecule has 11 nitrogen and oxygen atoms in total. The van der Waals surface area contributed by atoms with Crippen molar-refractivity contribution in [1.29, 1.82) is 0 Å². The van der Waals surface area contributed by atoms with Crippen molar-refractivity contribution in [2.24, 2.45) is 20.5 Å². The van der Waals surface area contributed by atoms with Gasteiger partial charge in [-0.15, -0.1) is 15.3 Å². The number of phenolic OH excluding ortho intramolecular Hbond substituents is 2. The SMILES string of the molecule is CCS(=O)(=O)c1ccc(/N=N/c2c(NC)ccc3c(O)c(/N=N/c4cc(C)c(S(=O)(=O)CC)cc4O)ccc23)c(C)c1. The fourth-order valence-corrected chi connectivity index (χ4v) is 6.41. The number of hydrogen-bond acceptors (Lipinski definition) is 11. The van der Waals surface area contributed by atoms with Crippen LogP contribution in [0, 0.1) is 13.8 Å². The standard InChI is InChI=1S/C29H31N5O6S2/c1-6-41(37,38)19-8-11-22(17(3)14-19)31-34-28-20-9-13-24(29(36)21(20)10-12-23(28)30-5)32-33-25-15-18(4)27(16-26(25)35)42(39,40)7-2/h8-16,30,35-36H,6-7H2,1-5H3/b33-32+,34-31+. The molecule has 0 bridgehead atoms. The molecule has 4 aromatic carbocycles. The highest BCUT2D eigenvalue weighted by atomic mass is 32.2. The number of aromatic hydroxyl groups is 2. The average Bonchev–Trinajstić information content (AvgIpc) is 2.97. The van der Waals surface area contributed by atoms with Crippen LogP contribution in [0.1, 0.15) is 25.0 Å². The van der Waals surface area contributed by atoms with Crippen LogP contribution in [-0.2, 0) is 19.7 Å². The van der Waals surface area contributed by atoms with E-state index in [0.29, 0.717) is 39.0 Å². The fourth-order valence-electron chi connectivity index (χ4n) is 4.30. The first-order valence-electron chi connectivity index (χ1n) is 13.0. The van der Waals surface area contributed by atoms with E-state index in [1.54, 1.807) is 58.2 Å². The lowest BCUT2D eigenvalue weighted by molar-refractivity contribution is 0.473. The van der Waals surface area contributed by atoms with Crippen molar-refractivity contribution in [2.45, 2.75) is 37.5 Å². The van der Waals surface area contributed by atoms with Crippen LogP contribution in [0.3, 0.4) is 0 Å². The normalized spacial score (nSPS) is 12.5. The van der Waals surface area contributed by atoms with E-state index in [2.05, 4.69) is 25.8 Å². The van der Waals surface area contributed by atoms with Crippen LogP contribution in [0.2, 0.25) is 0 Å². The molecule has 0 aromatic heterocycles. The first-order chi connectivity index (χ1) is 19.8. The predicted molar refractivity (Wildman–Crippen MR) is 163 cm³/mol. The van der Waals surface area contributed by atoms with Crippen LogP contribution in [0.5, 0.6) is 11.5 Å². The molecule has 0 saturated carbocycles. The van der Waals surface area contributed by atoms with Crippen molar-refractivity contribution in [3.63, 3.8) is 0 Å². The molecule has 220 valence electrons. The highest BCUT2D eigenvalue weighted by molar-refractivity contribution is 7.91. The molecule has 0 aliphatic heterocycles. The molecule has 4 rings (SSSR count). The van der Waals surface area contributed by atoms with E-state index in [1.807, 2.05) is 0 Å². The predicted octanol–water partition coefficient (Wildman–Crippen LogP) is 7.33. The van der Waals surface area contributed by atoms with Crippen LogP contribution in [0.15, 0.2) is 84.8 Å². The second-order valence-corrected chi connectivity index (χ2v) is 14.0. The quantitative estimate of drug-likeness (QED) is 0.167. The zero-order valence-electron chi connectivity index (χ0n) is 23.7. The van der Waals surface area contributed by atoms with E-state index in [-0.39, 0.29) is 44.2 Å².